The third kappa shape index (κ3) is 74.1. The summed E-state index contributed by atoms with van der Waals surface area (Å²) < 4.78 is 27.2. The fourth-order valence-electron chi connectivity index (χ4n) is 6.21. The van der Waals surface area contributed by atoms with Crippen LogP contribution in [0.25, 0.3) is 0 Å². The molecule has 10 aromatic rings. The number of rotatable bonds is 20. The van der Waals surface area contributed by atoms with Gasteiger partial charge in [0.25, 0.3) is 56.9 Å². The Bertz CT molecular complexity index is 3410. The quantitative estimate of drug-likeness (QED) is 0.0235. The maximum Gasteiger partial charge on any atom is 0.305 e. The Labute approximate surface area is 685 Å². The molecular weight excluding hydrogens is 1560 g/mol. The number of benzene rings is 10. The van der Waals surface area contributed by atoms with Gasteiger partial charge in [0.05, 0.1) is 49.2 Å². The topological polar surface area (TPSA) is 545 Å². The number of carbonyl (C=O) groups is 2. The highest BCUT2D eigenvalue weighted by Gasteiger charge is 2.06. The van der Waals surface area contributed by atoms with Crippen LogP contribution in [0.15, 0.2) is 303 Å². The number of nitro groups is 10. The molecule has 2 N–H and O–H groups in total. The molecule has 0 aliphatic rings. The van der Waals surface area contributed by atoms with Crippen molar-refractivity contribution in [2.24, 2.45) is 0 Å². The van der Waals surface area contributed by atoms with Crippen molar-refractivity contribution in [1.82, 2.24) is 10.6 Å². The molecule has 40 heteroatoms. The number of esters is 2. The van der Waals surface area contributed by atoms with Crippen molar-refractivity contribution >= 4 is 68.8 Å². The van der Waals surface area contributed by atoms with Gasteiger partial charge in [-0.05, 0) is 27.9 Å². The minimum Gasteiger partial charge on any atom is -0.428 e. The second-order valence-electron chi connectivity index (χ2n) is 20.7. The smallest absolute Gasteiger partial charge is 0.305 e. The number of methoxy groups -OCH3 is 2. The molecule has 0 aliphatic carbocycles. The Kier molecular flexibility index (Phi) is 75.2. The Morgan fingerprint density at radius 3 is 0.437 bits per heavy atom. The van der Waals surface area contributed by atoms with E-state index < -0.39 is 61.2 Å². The third-order valence-electron chi connectivity index (χ3n) is 11.4. The number of nitrogens with one attached hydrogen (secondary N) is 2. The molecular formula is C79H96N12O28. The molecule has 640 valence electrons. The summed E-state index contributed by atoms with van der Waals surface area (Å²) in [5.41, 5.74) is 1.37. The van der Waals surface area contributed by atoms with Crippen LogP contribution in [-0.2, 0) is 38.0 Å². The van der Waals surface area contributed by atoms with Crippen molar-refractivity contribution in [3.8, 4) is 0 Å². The number of nitrogens with zero attached hydrogens (tertiary/aromatic N) is 10. The molecule has 0 spiro atoms. The monoisotopic (exact) mass is 1660 g/mol. The van der Waals surface area contributed by atoms with Crippen LogP contribution in [0.3, 0.4) is 0 Å². The van der Waals surface area contributed by atoms with Gasteiger partial charge in [-0.15, -0.1) is 0 Å². The number of carbonyl (C=O) groups excluding carboxylic acids is 2. The number of para-hydroxylation sites is 10. The second-order valence-corrected chi connectivity index (χ2v) is 20.7. The Balaban J connectivity index is -0.000000392. The highest BCUT2D eigenvalue weighted by atomic mass is 16.7. The van der Waals surface area contributed by atoms with E-state index >= 15 is 0 Å². The molecule has 0 aliphatic heterocycles. The number of ether oxygens (including phenoxy) is 6. The molecule has 0 saturated carbocycles. The van der Waals surface area contributed by atoms with Crippen LogP contribution in [0.4, 0.5) is 56.9 Å². The minimum absolute atomic E-state index is 0.137. The average Bonchev–Trinajstić information content (AvgIpc) is 1.02. The molecule has 0 unspecified atom stereocenters. The lowest BCUT2D eigenvalue weighted by molar-refractivity contribution is -0.385. The zero-order chi connectivity index (χ0) is 90.7. The normalized spacial score (nSPS) is 8.76. The molecule has 0 aromatic heterocycles. The van der Waals surface area contributed by atoms with Crippen LogP contribution in [0.2, 0.25) is 0 Å². The first-order valence-electron chi connectivity index (χ1n) is 34.5. The molecule has 10 aromatic carbocycles. The summed E-state index contributed by atoms with van der Waals surface area (Å²) in [6.07, 6.45) is 1.25. The average molecular weight is 1660 g/mol. The van der Waals surface area contributed by atoms with Gasteiger partial charge in [0.2, 0.25) is 6.79 Å². The van der Waals surface area contributed by atoms with E-state index in [1.54, 1.807) is 196 Å². The Hall–Kier alpha value is -15.1. The van der Waals surface area contributed by atoms with E-state index in [0.29, 0.717) is 13.6 Å². The molecule has 0 amide bonds. The van der Waals surface area contributed by atoms with Gasteiger partial charge in [-0.25, -0.2) is 0 Å². The molecule has 40 nitrogen and oxygen atoms in total. The molecule has 10 rings (SSSR count). The van der Waals surface area contributed by atoms with E-state index in [1.807, 2.05) is 27.9 Å². The van der Waals surface area contributed by atoms with E-state index in [-0.39, 0.29) is 63.7 Å². The van der Waals surface area contributed by atoms with Gasteiger partial charge in [-0.3, -0.25) is 111 Å². The SMILES string of the molecule is CC(=O)OCOC(C)=O.CCC.CCOCOCC.CNCNC.COCOC.O=[N+]([O-])c1ccccc1.O=[N+]([O-])c1ccccc1.O=[N+]([O-])c1ccccc1.O=[N+]([O-])c1ccccc1.O=[N+]([O-])c1ccccc1.O=[N+]([O-])c1ccccc1.O=[N+]([O-])c1ccccc1.O=[N+]([O-])c1ccccc1.O=[N+]([O-])c1ccccc1.O=[N+]([O-])c1ccccc1. The van der Waals surface area contributed by atoms with Crippen LogP contribution in [-0.4, -0.2) is 130 Å². The van der Waals surface area contributed by atoms with Gasteiger partial charge >= 0.3 is 11.9 Å². The van der Waals surface area contributed by atoms with Crippen LogP contribution < -0.4 is 10.6 Å². The second kappa shape index (κ2) is 79.5. The van der Waals surface area contributed by atoms with Crippen molar-refractivity contribution in [3.63, 3.8) is 0 Å². The molecule has 0 radical (unpaired) electrons. The third-order valence-corrected chi connectivity index (χ3v) is 11.4. The Morgan fingerprint density at radius 2 is 0.378 bits per heavy atom. The summed E-state index contributed by atoms with van der Waals surface area (Å²) in [4.78, 5) is 116. The van der Waals surface area contributed by atoms with E-state index in [1.165, 1.54) is 142 Å². The highest BCUT2D eigenvalue weighted by Crippen LogP contribution is 2.14. The number of hydrogen-bond acceptors (Lipinski definition) is 30. The van der Waals surface area contributed by atoms with Gasteiger partial charge < -0.3 is 39.1 Å². The van der Waals surface area contributed by atoms with E-state index in [2.05, 4.69) is 43.4 Å². The van der Waals surface area contributed by atoms with E-state index in [4.69, 9.17) is 9.47 Å². The van der Waals surface area contributed by atoms with Gasteiger partial charge in [-0.1, -0.05) is 202 Å². The van der Waals surface area contributed by atoms with Crippen molar-refractivity contribution in [1.29, 1.82) is 0 Å². The first-order chi connectivity index (χ1) is 56.8. The predicted octanol–water partition coefficient (Wildman–Crippen LogP) is 18.1. The van der Waals surface area contributed by atoms with Gasteiger partial charge in [0.15, 0.2) is 0 Å². The lowest BCUT2D eigenvalue weighted by Crippen LogP contribution is -2.21. The fourth-order valence-corrected chi connectivity index (χ4v) is 6.21. The van der Waals surface area contributed by atoms with Crippen LogP contribution >= 0.6 is 0 Å². The summed E-state index contributed by atoms with van der Waals surface area (Å²) in [6, 6.07) is 79.3. The summed E-state index contributed by atoms with van der Waals surface area (Å²) in [5, 5.41) is 106. The fraction of sp³-hybridized carbons (Fsp3) is 0.215. The first-order valence-corrected chi connectivity index (χ1v) is 34.5. The van der Waals surface area contributed by atoms with Crippen LogP contribution in [0, 0.1) is 101 Å². The number of nitro benzene ring substituents is 10. The van der Waals surface area contributed by atoms with Crippen molar-refractivity contribution in [2.45, 2.75) is 48.0 Å². The predicted molar refractivity (Wildman–Crippen MR) is 445 cm³/mol. The zero-order valence-electron chi connectivity index (χ0n) is 66.7. The standard InChI is InChI=1S/10C6H5NO2.C5H8O4.C5H12O2.C3H10N2.C3H8O2.C3H8/c10*8-7(9)6-4-2-1-3-5-6;1-4(6)8-3-9-5(2)7;1-3-6-5-7-4-2;2*1-4-3-5-2;1-3-2/h10*1-5H;3H2,1-2H3;3-5H2,1-2H3;4-5H,3H2,1-2H3;3H2,1-2H3;3H2,1-2H3. The van der Waals surface area contributed by atoms with Gasteiger partial charge in [0.1, 0.15) is 13.6 Å². The first kappa shape index (κ1) is 112. The minimum atomic E-state index is -0.462. The van der Waals surface area contributed by atoms with Crippen LogP contribution in [0.1, 0.15) is 48.0 Å². The van der Waals surface area contributed by atoms with Crippen LogP contribution in [0.5, 0.6) is 0 Å². The van der Waals surface area contributed by atoms with Gasteiger partial charge in [-0.2, -0.15) is 0 Å². The van der Waals surface area contributed by atoms with Crippen molar-refractivity contribution in [3.05, 3.63) is 404 Å². The maximum absolute atomic E-state index is 10.0. The van der Waals surface area contributed by atoms with Gasteiger partial charge in [0, 0.05) is 169 Å². The van der Waals surface area contributed by atoms with Crippen molar-refractivity contribution in [2.75, 3.05) is 68.6 Å². The summed E-state index contributed by atoms with van der Waals surface area (Å²) in [5.74, 6) is -0.924. The summed E-state index contributed by atoms with van der Waals surface area (Å²) in [6.45, 7) is 13.5. The molecule has 0 heterocycles. The summed E-state index contributed by atoms with van der Waals surface area (Å²) >= 11 is 0. The zero-order valence-corrected chi connectivity index (χ0v) is 66.7. The maximum atomic E-state index is 10.0. The molecule has 119 heavy (non-hydrogen) atoms. The Morgan fingerprint density at radius 1 is 0.252 bits per heavy atom. The molecule has 0 bridgehead atoms. The molecule has 0 atom stereocenters. The lowest BCUT2D eigenvalue weighted by atomic mass is 10.3. The van der Waals surface area contributed by atoms with E-state index in [9.17, 15) is 111 Å². The lowest BCUT2D eigenvalue weighted by Gasteiger charge is -1.99. The molecule has 0 saturated heterocycles. The summed E-state index contributed by atoms with van der Waals surface area (Å²) in [7, 11) is 6.97. The number of hydrogen-bond donors (Lipinski definition) is 2. The largest absolute Gasteiger partial charge is 0.428 e. The highest BCUT2D eigenvalue weighted by molar-refractivity contribution is 5.67. The van der Waals surface area contributed by atoms with Crippen molar-refractivity contribution < 1.29 is 87.2 Å². The molecule has 0 fully saturated rings. The number of non-ortho nitro benzene ring substituents is 10. The van der Waals surface area contributed by atoms with E-state index in [0.717, 1.165) is 19.9 Å².